The van der Waals surface area contributed by atoms with Crippen LogP contribution in [0.4, 0.5) is 0 Å². The van der Waals surface area contributed by atoms with Crippen LogP contribution in [0.1, 0.15) is 11.1 Å². The summed E-state index contributed by atoms with van der Waals surface area (Å²) < 4.78 is 5.85. The van der Waals surface area contributed by atoms with E-state index in [0.717, 1.165) is 16.5 Å². The molecular weight excluding hydrogens is 272 g/mol. The summed E-state index contributed by atoms with van der Waals surface area (Å²) in [5.74, 6) is 1.21. The van der Waals surface area contributed by atoms with E-state index in [1.807, 2.05) is 49.4 Å². The van der Waals surface area contributed by atoms with Gasteiger partial charge >= 0.3 is 0 Å². The Labute approximate surface area is 122 Å². The summed E-state index contributed by atoms with van der Waals surface area (Å²) in [5, 5.41) is 10.1. The summed E-state index contributed by atoms with van der Waals surface area (Å²) in [6.45, 7) is 4.12. The molecule has 0 aliphatic rings. The molecule has 3 aromatic rings. The number of aryl methyl sites for hydroxylation is 2. The van der Waals surface area contributed by atoms with Crippen molar-refractivity contribution in [1.29, 1.82) is 0 Å². The molecule has 0 radical (unpaired) electrons. The third-order valence-electron chi connectivity index (χ3n) is 3.30. The normalized spacial score (nSPS) is 10.8. The predicted molar refractivity (Wildman–Crippen MR) is 80.5 cm³/mol. The van der Waals surface area contributed by atoms with Crippen molar-refractivity contribution >= 4 is 22.4 Å². The average molecular weight is 285 g/mol. The summed E-state index contributed by atoms with van der Waals surface area (Å²) in [5.41, 5.74) is 2.40. The Morgan fingerprint density at radius 2 is 1.65 bits per heavy atom. The van der Waals surface area contributed by atoms with Gasteiger partial charge in [0.05, 0.1) is 0 Å². The van der Waals surface area contributed by atoms with E-state index in [1.165, 1.54) is 11.1 Å². The quantitative estimate of drug-likeness (QED) is 0.684. The largest absolute Gasteiger partial charge is 0.437 e. The first-order valence-corrected chi connectivity index (χ1v) is 6.69. The van der Waals surface area contributed by atoms with Crippen LogP contribution in [-0.4, -0.2) is 10.2 Å². The van der Waals surface area contributed by atoms with Gasteiger partial charge in [0.1, 0.15) is 5.75 Å². The highest BCUT2D eigenvalue weighted by Crippen LogP contribution is 2.30. The second-order valence-electron chi connectivity index (χ2n) is 4.69. The summed E-state index contributed by atoms with van der Waals surface area (Å²) in [6.07, 6.45) is 0. The molecule has 0 amide bonds. The fourth-order valence-corrected chi connectivity index (χ4v) is 2.21. The smallest absolute Gasteiger partial charge is 0.246 e. The standard InChI is InChI=1S/C16H13ClN2O/c1-10-7-8-12(9-11(10)2)20-16-14-6-4-3-5-13(14)15(17)18-19-16/h3-9H,1-2H3. The van der Waals surface area contributed by atoms with Crippen LogP contribution in [0.15, 0.2) is 42.5 Å². The Hall–Kier alpha value is -2.13. The van der Waals surface area contributed by atoms with Crippen molar-refractivity contribution in [2.75, 3.05) is 0 Å². The van der Waals surface area contributed by atoms with Crippen molar-refractivity contribution in [3.05, 3.63) is 58.7 Å². The summed E-state index contributed by atoms with van der Waals surface area (Å²) in [4.78, 5) is 0. The first kappa shape index (κ1) is 12.9. The first-order chi connectivity index (χ1) is 9.65. The molecule has 100 valence electrons. The number of benzene rings is 2. The zero-order valence-electron chi connectivity index (χ0n) is 11.2. The molecule has 3 nitrogen and oxygen atoms in total. The third kappa shape index (κ3) is 2.32. The third-order valence-corrected chi connectivity index (χ3v) is 3.58. The van der Waals surface area contributed by atoms with E-state index in [1.54, 1.807) is 0 Å². The second-order valence-corrected chi connectivity index (χ2v) is 5.05. The second kappa shape index (κ2) is 5.10. The maximum atomic E-state index is 6.05. The zero-order chi connectivity index (χ0) is 14.1. The van der Waals surface area contributed by atoms with E-state index in [9.17, 15) is 0 Å². The summed E-state index contributed by atoms with van der Waals surface area (Å²) >= 11 is 6.05. The highest BCUT2D eigenvalue weighted by atomic mass is 35.5. The number of nitrogens with zero attached hydrogens (tertiary/aromatic N) is 2. The molecule has 3 rings (SSSR count). The molecule has 0 saturated heterocycles. The van der Waals surface area contributed by atoms with Gasteiger partial charge < -0.3 is 4.74 Å². The van der Waals surface area contributed by atoms with Crippen LogP contribution in [0.5, 0.6) is 11.6 Å². The van der Waals surface area contributed by atoms with Crippen molar-refractivity contribution in [3.63, 3.8) is 0 Å². The predicted octanol–water partition coefficient (Wildman–Crippen LogP) is 4.69. The van der Waals surface area contributed by atoms with Crippen molar-refractivity contribution in [2.24, 2.45) is 0 Å². The van der Waals surface area contributed by atoms with Gasteiger partial charge in [0.2, 0.25) is 5.88 Å². The Balaban J connectivity index is 2.06. The topological polar surface area (TPSA) is 35.0 Å². The highest BCUT2D eigenvalue weighted by Gasteiger charge is 2.09. The Kier molecular flexibility index (Phi) is 3.28. The first-order valence-electron chi connectivity index (χ1n) is 6.31. The van der Waals surface area contributed by atoms with Gasteiger partial charge in [-0.25, -0.2) is 0 Å². The molecule has 0 N–H and O–H groups in total. The molecular formula is C16H13ClN2O. The molecule has 0 spiro atoms. The molecule has 0 saturated carbocycles. The molecule has 0 aliphatic carbocycles. The van der Waals surface area contributed by atoms with Gasteiger partial charge in [-0.3, -0.25) is 0 Å². The lowest BCUT2D eigenvalue weighted by Crippen LogP contribution is -1.94. The maximum absolute atomic E-state index is 6.05. The van der Waals surface area contributed by atoms with Crippen LogP contribution < -0.4 is 4.74 Å². The van der Waals surface area contributed by atoms with E-state index in [-0.39, 0.29) is 0 Å². The molecule has 0 unspecified atom stereocenters. The number of fused-ring (bicyclic) bond motifs is 1. The minimum atomic E-state index is 0.382. The number of ether oxygens (including phenoxy) is 1. The van der Waals surface area contributed by atoms with Crippen LogP contribution >= 0.6 is 11.6 Å². The average Bonchev–Trinajstić information content (AvgIpc) is 2.46. The van der Waals surface area contributed by atoms with Crippen molar-refractivity contribution in [2.45, 2.75) is 13.8 Å². The van der Waals surface area contributed by atoms with Crippen molar-refractivity contribution in [3.8, 4) is 11.6 Å². The van der Waals surface area contributed by atoms with Crippen LogP contribution in [0.3, 0.4) is 0 Å². The van der Waals surface area contributed by atoms with Crippen LogP contribution in [-0.2, 0) is 0 Å². The van der Waals surface area contributed by atoms with Crippen LogP contribution in [0, 0.1) is 13.8 Å². The number of halogens is 1. The van der Waals surface area contributed by atoms with Crippen molar-refractivity contribution in [1.82, 2.24) is 10.2 Å². The minimum absolute atomic E-state index is 0.382. The fourth-order valence-electron chi connectivity index (χ4n) is 2.01. The molecule has 0 fully saturated rings. The molecule has 1 aromatic heterocycles. The number of rotatable bonds is 2. The van der Waals surface area contributed by atoms with Gasteiger partial charge in [0.25, 0.3) is 0 Å². The number of hydrogen-bond donors (Lipinski definition) is 0. The Morgan fingerprint density at radius 3 is 2.40 bits per heavy atom. The molecule has 2 aromatic carbocycles. The molecule has 1 heterocycles. The van der Waals surface area contributed by atoms with Gasteiger partial charge in [-0.1, -0.05) is 35.9 Å². The fraction of sp³-hybridized carbons (Fsp3) is 0.125. The molecule has 4 heteroatoms. The lowest BCUT2D eigenvalue weighted by atomic mass is 10.1. The van der Waals surface area contributed by atoms with Gasteiger partial charge in [0, 0.05) is 10.8 Å². The van der Waals surface area contributed by atoms with Gasteiger partial charge in [-0.2, -0.15) is 0 Å². The van der Waals surface area contributed by atoms with E-state index >= 15 is 0 Å². The van der Waals surface area contributed by atoms with E-state index in [0.29, 0.717) is 11.0 Å². The van der Waals surface area contributed by atoms with E-state index in [4.69, 9.17) is 16.3 Å². The Bertz CT molecular complexity index is 787. The summed E-state index contributed by atoms with van der Waals surface area (Å²) in [6, 6.07) is 13.6. The zero-order valence-corrected chi connectivity index (χ0v) is 12.0. The molecule has 0 bridgehead atoms. The van der Waals surface area contributed by atoms with Crippen LogP contribution in [0.25, 0.3) is 10.8 Å². The van der Waals surface area contributed by atoms with E-state index in [2.05, 4.69) is 17.1 Å². The Morgan fingerprint density at radius 1 is 0.900 bits per heavy atom. The lowest BCUT2D eigenvalue weighted by molar-refractivity contribution is 0.461. The summed E-state index contributed by atoms with van der Waals surface area (Å²) in [7, 11) is 0. The maximum Gasteiger partial charge on any atom is 0.246 e. The monoisotopic (exact) mass is 284 g/mol. The van der Waals surface area contributed by atoms with Crippen LogP contribution in [0.2, 0.25) is 5.15 Å². The van der Waals surface area contributed by atoms with Gasteiger partial charge in [-0.05, 0) is 43.2 Å². The lowest BCUT2D eigenvalue weighted by Gasteiger charge is -2.09. The number of hydrogen-bond acceptors (Lipinski definition) is 3. The molecule has 20 heavy (non-hydrogen) atoms. The SMILES string of the molecule is Cc1ccc(Oc2nnc(Cl)c3ccccc23)cc1C. The number of aromatic nitrogens is 2. The van der Waals surface area contributed by atoms with E-state index < -0.39 is 0 Å². The molecule has 0 aliphatic heterocycles. The minimum Gasteiger partial charge on any atom is -0.437 e. The van der Waals surface area contributed by atoms with Gasteiger partial charge in [0.15, 0.2) is 5.15 Å². The molecule has 0 atom stereocenters. The highest BCUT2D eigenvalue weighted by molar-refractivity contribution is 6.34. The van der Waals surface area contributed by atoms with Crippen molar-refractivity contribution < 1.29 is 4.74 Å². The van der Waals surface area contributed by atoms with Gasteiger partial charge in [-0.15, -0.1) is 10.2 Å².